The molecule has 0 saturated heterocycles. The molecule has 2 unspecified atom stereocenters. The first-order valence-electron chi connectivity index (χ1n) is 7.58. The molecule has 2 atom stereocenters. The van der Waals surface area contributed by atoms with Crippen LogP contribution in [0.2, 0.25) is 0 Å². The minimum atomic E-state index is 0.254. The lowest BCUT2D eigenvalue weighted by molar-refractivity contribution is 0.0948. The third-order valence-electron chi connectivity index (χ3n) is 4.66. The molecule has 2 fully saturated rings. The molecule has 0 amide bonds. The smallest absolute Gasteiger partial charge is 0.170 e. The van der Waals surface area contributed by atoms with Crippen LogP contribution in [0, 0.1) is 17.8 Å². The van der Waals surface area contributed by atoms with Crippen molar-refractivity contribution in [3.05, 3.63) is 29.8 Å². The van der Waals surface area contributed by atoms with Gasteiger partial charge in [-0.2, -0.15) is 0 Å². The highest BCUT2D eigenvalue weighted by atomic mass is 16.5. The number of carbonyl (C=O) groups is 1. The first-order valence-corrected chi connectivity index (χ1v) is 7.58. The molecular formula is C17H22O3. The number of methoxy groups -OCH3 is 1. The van der Waals surface area contributed by atoms with Crippen molar-refractivity contribution in [1.29, 1.82) is 0 Å². The topological polar surface area (TPSA) is 35.5 Å². The van der Waals surface area contributed by atoms with Crippen LogP contribution in [-0.2, 0) is 4.74 Å². The molecule has 1 aromatic carbocycles. The van der Waals surface area contributed by atoms with Crippen molar-refractivity contribution in [3.63, 3.8) is 0 Å². The summed E-state index contributed by atoms with van der Waals surface area (Å²) in [5, 5.41) is 0. The number of rotatable bonds is 6. The number of carbonyl (C=O) groups excluding carboxylic acids is 1. The van der Waals surface area contributed by atoms with Gasteiger partial charge in [-0.15, -0.1) is 0 Å². The molecule has 1 aromatic rings. The first-order chi connectivity index (χ1) is 9.83. The summed E-state index contributed by atoms with van der Waals surface area (Å²) in [6.45, 7) is 1.02. The Kier molecular flexibility index (Phi) is 4.06. The largest absolute Gasteiger partial charge is 0.490 e. The summed E-state index contributed by atoms with van der Waals surface area (Å²) in [5.74, 6) is 2.53. The zero-order valence-electron chi connectivity index (χ0n) is 12.0. The highest BCUT2D eigenvalue weighted by molar-refractivity contribution is 6.02. The van der Waals surface area contributed by atoms with Crippen LogP contribution in [0.4, 0.5) is 0 Å². The van der Waals surface area contributed by atoms with Gasteiger partial charge in [-0.25, -0.2) is 0 Å². The fraction of sp³-hybridized carbons (Fsp3) is 0.588. The van der Waals surface area contributed by atoms with Gasteiger partial charge in [0.05, 0.1) is 12.2 Å². The van der Waals surface area contributed by atoms with Gasteiger partial charge >= 0.3 is 0 Å². The van der Waals surface area contributed by atoms with E-state index in [1.54, 1.807) is 7.11 Å². The van der Waals surface area contributed by atoms with Gasteiger partial charge in [0.1, 0.15) is 12.4 Å². The van der Waals surface area contributed by atoms with Crippen LogP contribution in [0.3, 0.4) is 0 Å². The third kappa shape index (κ3) is 2.59. The van der Waals surface area contributed by atoms with Gasteiger partial charge in [-0.05, 0) is 36.8 Å². The van der Waals surface area contributed by atoms with Crippen LogP contribution < -0.4 is 4.74 Å². The second-order valence-electron chi connectivity index (χ2n) is 5.84. The Morgan fingerprint density at radius 1 is 1.15 bits per heavy atom. The summed E-state index contributed by atoms with van der Waals surface area (Å²) in [4.78, 5) is 12.7. The van der Waals surface area contributed by atoms with E-state index in [9.17, 15) is 4.79 Å². The zero-order valence-corrected chi connectivity index (χ0v) is 12.0. The van der Waals surface area contributed by atoms with Gasteiger partial charge in [0, 0.05) is 13.0 Å². The monoisotopic (exact) mass is 274 g/mol. The van der Waals surface area contributed by atoms with E-state index in [4.69, 9.17) is 9.47 Å². The molecule has 0 bridgehead atoms. The Morgan fingerprint density at radius 3 is 2.55 bits per heavy atom. The molecular weight excluding hydrogens is 252 g/mol. The van der Waals surface area contributed by atoms with Gasteiger partial charge < -0.3 is 9.47 Å². The lowest BCUT2D eigenvalue weighted by atomic mass is 10.0. The molecule has 0 radical (unpaired) electrons. The third-order valence-corrected chi connectivity index (χ3v) is 4.66. The average Bonchev–Trinajstić information content (AvgIpc) is 3.22. The quantitative estimate of drug-likeness (QED) is 0.589. The van der Waals surface area contributed by atoms with E-state index in [-0.39, 0.29) is 11.7 Å². The molecule has 2 aliphatic rings. The molecule has 0 aliphatic heterocycles. The van der Waals surface area contributed by atoms with Crippen molar-refractivity contribution < 1.29 is 14.3 Å². The van der Waals surface area contributed by atoms with Crippen LogP contribution in [0.5, 0.6) is 5.75 Å². The van der Waals surface area contributed by atoms with Crippen molar-refractivity contribution >= 4 is 5.78 Å². The number of fused-ring (bicyclic) bond motifs is 1. The van der Waals surface area contributed by atoms with Gasteiger partial charge in [0.15, 0.2) is 5.78 Å². The minimum absolute atomic E-state index is 0.254. The van der Waals surface area contributed by atoms with E-state index >= 15 is 0 Å². The maximum absolute atomic E-state index is 12.7. The van der Waals surface area contributed by atoms with Crippen molar-refractivity contribution in [1.82, 2.24) is 0 Å². The summed E-state index contributed by atoms with van der Waals surface area (Å²) >= 11 is 0. The summed E-state index contributed by atoms with van der Waals surface area (Å²) in [6.07, 6.45) is 5.04. The van der Waals surface area contributed by atoms with Crippen LogP contribution in [0.15, 0.2) is 24.3 Å². The first kappa shape index (κ1) is 13.6. The van der Waals surface area contributed by atoms with E-state index in [1.165, 1.54) is 25.7 Å². The van der Waals surface area contributed by atoms with E-state index in [2.05, 4.69) is 0 Å². The van der Waals surface area contributed by atoms with Gasteiger partial charge in [0.2, 0.25) is 0 Å². The second-order valence-corrected chi connectivity index (χ2v) is 5.84. The Labute approximate surface area is 120 Å². The number of ether oxygens (including phenoxy) is 2. The minimum Gasteiger partial charge on any atom is -0.490 e. The number of Topliss-reactive ketones (excluding diaryl/α,β-unsaturated/α-hetero) is 1. The standard InChI is InChI=1S/C17H22O3/c1-19-10-11-20-15-9-5-4-8-14(15)17(18)16-12-6-2-3-7-13(12)16/h4-5,8-9,12-13,16H,2-3,6-7,10-11H2,1H3. The zero-order chi connectivity index (χ0) is 13.9. The lowest BCUT2D eigenvalue weighted by Crippen LogP contribution is -2.10. The molecule has 0 spiro atoms. The molecule has 3 rings (SSSR count). The predicted molar refractivity (Wildman–Crippen MR) is 77.1 cm³/mol. The van der Waals surface area contributed by atoms with Crippen molar-refractivity contribution in [2.75, 3.05) is 20.3 Å². The molecule has 0 aromatic heterocycles. The van der Waals surface area contributed by atoms with Gasteiger partial charge in [-0.1, -0.05) is 25.0 Å². The van der Waals surface area contributed by atoms with Crippen LogP contribution in [0.25, 0.3) is 0 Å². The van der Waals surface area contributed by atoms with E-state index in [0.29, 0.717) is 30.8 Å². The van der Waals surface area contributed by atoms with Crippen LogP contribution in [-0.4, -0.2) is 26.1 Å². The molecule has 20 heavy (non-hydrogen) atoms. The number of hydrogen-bond donors (Lipinski definition) is 0. The van der Waals surface area contributed by atoms with Crippen molar-refractivity contribution in [3.8, 4) is 5.75 Å². The normalized spacial score (nSPS) is 27.8. The SMILES string of the molecule is COCCOc1ccccc1C(=O)C1C2CCCCC21. The van der Waals surface area contributed by atoms with Crippen molar-refractivity contribution in [2.24, 2.45) is 17.8 Å². The van der Waals surface area contributed by atoms with E-state index in [1.807, 2.05) is 24.3 Å². The summed E-state index contributed by atoms with van der Waals surface area (Å²) in [5.41, 5.74) is 0.753. The number of hydrogen-bond acceptors (Lipinski definition) is 3. The maximum Gasteiger partial charge on any atom is 0.170 e. The van der Waals surface area contributed by atoms with Crippen LogP contribution >= 0.6 is 0 Å². The maximum atomic E-state index is 12.7. The Balaban J connectivity index is 1.71. The Hall–Kier alpha value is -1.35. The Bertz CT molecular complexity index is 471. The Morgan fingerprint density at radius 2 is 1.85 bits per heavy atom. The number of para-hydroxylation sites is 1. The summed E-state index contributed by atoms with van der Waals surface area (Å²) in [7, 11) is 1.65. The highest BCUT2D eigenvalue weighted by Crippen LogP contribution is 2.56. The average molecular weight is 274 g/mol. The summed E-state index contributed by atoms with van der Waals surface area (Å²) < 4.78 is 10.7. The summed E-state index contributed by atoms with van der Waals surface area (Å²) in [6, 6.07) is 7.62. The molecule has 0 N–H and O–H groups in total. The molecule has 0 heterocycles. The molecule has 3 heteroatoms. The van der Waals surface area contributed by atoms with Crippen LogP contribution in [0.1, 0.15) is 36.0 Å². The van der Waals surface area contributed by atoms with E-state index < -0.39 is 0 Å². The fourth-order valence-electron chi connectivity index (χ4n) is 3.59. The molecule has 108 valence electrons. The highest BCUT2D eigenvalue weighted by Gasteiger charge is 2.54. The molecule has 2 saturated carbocycles. The van der Waals surface area contributed by atoms with Gasteiger partial charge in [-0.3, -0.25) is 4.79 Å². The predicted octanol–water partition coefficient (Wildman–Crippen LogP) is 3.33. The van der Waals surface area contributed by atoms with Crippen molar-refractivity contribution in [2.45, 2.75) is 25.7 Å². The fourth-order valence-corrected chi connectivity index (χ4v) is 3.59. The lowest BCUT2D eigenvalue weighted by Gasteiger charge is -2.10. The molecule has 2 aliphatic carbocycles. The number of ketones is 1. The number of benzene rings is 1. The second kappa shape index (κ2) is 5.96. The van der Waals surface area contributed by atoms with Gasteiger partial charge in [0.25, 0.3) is 0 Å². The van der Waals surface area contributed by atoms with E-state index in [0.717, 1.165) is 5.56 Å². The molecule has 3 nitrogen and oxygen atoms in total.